The summed E-state index contributed by atoms with van der Waals surface area (Å²) in [5.41, 5.74) is 2.11. The summed E-state index contributed by atoms with van der Waals surface area (Å²) >= 11 is 1.62. The topological polar surface area (TPSA) is 29.1 Å². The summed E-state index contributed by atoms with van der Waals surface area (Å²) in [4.78, 5) is 12.6. The molecule has 0 fully saturated rings. The summed E-state index contributed by atoms with van der Waals surface area (Å²) in [5.74, 6) is 0.104. The van der Waals surface area contributed by atoms with Crippen LogP contribution in [0.2, 0.25) is 0 Å². The van der Waals surface area contributed by atoms with Gasteiger partial charge in [0.05, 0.1) is 10.9 Å². The second-order valence-corrected chi connectivity index (χ2v) is 4.58. The fourth-order valence-corrected chi connectivity index (χ4v) is 2.40. The van der Waals surface area contributed by atoms with Crippen LogP contribution >= 0.6 is 11.8 Å². The molecule has 1 unspecified atom stereocenters. The molecule has 0 spiro atoms. The van der Waals surface area contributed by atoms with E-state index in [1.54, 1.807) is 11.8 Å². The predicted molar refractivity (Wildman–Crippen MR) is 55.1 cm³/mol. The highest BCUT2D eigenvalue weighted by Crippen LogP contribution is 2.36. The quantitative estimate of drug-likeness (QED) is 0.685. The van der Waals surface area contributed by atoms with Crippen LogP contribution in [0, 0.1) is 6.92 Å². The maximum atomic E-state index is 11.4. The first-order valence-corrected chi connectivity index (χ1v) is 5.13. The second-order valence-electron chi connectivity index (χ2n) is 3.20. The van der Waals surface area contributed by atoms with E-state index in [4.69, 9.17) is 0 Å². The number of carbonyl (C=O) groups is 1. The average Bonchev–Trinajstić information content (AvgIpc) is 2.09. The van der Waals surface area contributed by atoms with E-state index in [9.17, 15) is 4.79 Å². The summed E-state index contributed by atoms with van der Waals surface area (Å²) in [5, 5.41) is 2.94. The molecular weight excluding hydrogens is 182 g/mol. The molecule has 1 N–H and O–H groups in total. The Kier molecular flexibility index (Phi) is 2.04. The molecule has 2 rings (SSSR count). The van der Waals surface area contributed by atoms with Crippen molar-refractivity contribution in [2.75, 3.05) is 5.32 Å². The standard InChI is InChI=1S/C10H11NOS/c1-6-4-3-5-8-9(6)11-10(12)7(2)13-8/h3-5,7H,1-2H3,(H,11,12). The van der Waals surface area contributed by atoms with Gasteiger partial charge < -0.3 is 5.32 Å². The van der Waals surface area contributed by atoms with Crippen molar-refractivity contribution >= 4 is 23.4 Å². The molecule has 0 saturated carbocycles. The zero-order valence-corrected chi connectivity index (χ0v) is 8.44. The van der Waals surface area contributed by atoms with Crippen LogP contribution < -0.4 is 5.32 Å². The number of rotatable bonds is 0. The summed E-state index contributed by atoms with van der Waals surface area (Å²) in [7, 11) is 0. The van der Waals surface area contributed by atoms with Crippen molar-refractivity contribution in [1.82, 2.24) is 0 Å². The molecule has 0 aliphatic carbocycles. The van der Waals surface area contributed by atoms with E-state index >= 15 is 0 Å². The highest BCUT2D eigenvalue weighted by atomic mass is 32.2. The Balaban J connectivity index is 2.48. The Morgan fingerprint density at radius 1 is 1.46 bits per heavy atom. The van der Waals surface area contributed by atoms with Crippen LogP contribution in [-0.2, 0) is 4.79 Å². The third kappa shape index (κ3) is 1.44. The largest absolute Gasteiger partial charge is 0.324 e. The number of benzene rings is 1. The number of para-hydroxylation sites is 1. The smallest absolute Gasteiger partial charge is 0.237 e. The summed E-state index contributed by atoms with van der Waals surface area (Å²) in [6.07, 6.45) is 0. The minimum atomic E-state index is 0.0225. The lowest BCUT2D eigenvalue weighted by Gasteiger charge is -2.22. The van der Waals surface area contributed by atoms with Crippen molar-refractivity contribution in [3.63, 3.8) is 0 Å². The average molecular weight is 193 g/mol. The van der Waals surface area contributed by atoms with Crippen molar-refractivity contribution in [3.8, 4) is 0 Å². The first kappa shape index (κ1) is 8.63. The SMILES string of the molecule is Cc1cccc2c1NC(=O)C(C)S2. The molecule has 0 radical (unpaired) electrons. The van der Waals surface area contributed by atoms with E-state index in [1.807, 2.05) is 32.0 Å². The van der Waals surface area contributed by atoms with Gasteiger partial charge in [-0.3, -0.25) is 4.79 Å². The summed E-state index contributed by atoms with van der Waals surface area (Å²) < 4.78 is 0. The third-order valence-corrected chi connectivity index (χ3v) is 3.32. The van der Waals surface area contributed by atoms with Gasteiger partial charge in [-0.05, 0) is 25.5 Å². The van der Waals surface area contributed by atoms with Gasteiger partial charge >= 0.3 is 0 Å². The van der Waals surface area contributed by atoms with Crippen LogP contribution in [0.1, 0.15) is 12.5 Å². The highest BCUT2D eigenvalue weighted by Gasteiger charge is 2.23. The Hall–Kier alpha value is -0.960. The van der Waals surface area contributed by atoms with Gasteiger partial charge in [0.25, 0.3) is 0 Å². The third-order valence-electron chi connectivity index (χ3n) is 2.16. The molecule has 0 bridgehead atoms. The number of fused-ring (bicyclic) bond motifs is 1. The number of nitrogens with one attached hydrogen (secondary N) is 1. The van der Waals surface area contributed by atoms with Gasteiger partial charge in [0.2, 0.25) is 5.91 Å². The lowest BCUT2D eigenvalue weighted by molar-refractivity contribution is -0.115. The van der Waals surface area contributed by atoms with Gasteiger partial charge in [-0.2, -0.15) is 0 Å². The van der Waals surface area contributed by atoms with Gasteiger partial charge in [-0.1, -0.05) is 12.1 Å². The number of hydrogen-bond donors (Lipinski definition) is 1. The van der Waals surface area contributed by atoms with Gasteiger partial charge in [-0.25, -0.2) is 0 Å². The van der Waals surface area contributed by atoms with Crippen LogP contribution in [0.5, 0.6) is 0 Å². The zero-order chi connectivity index (χ0) is 9.42. The fraction of sp³-hybridized carbons (Fsp3) is 0.300. The molecule has 1 aliphatic rings. The Labute approximate surface area is 81.7 Å². The number of amides is 1. The molecule has 1 aliphatic heterocycles. The molecule has 1 aromatic carbocycles. The van der Waals surface area contributed by atoms with Crippen LogP contribution in [0.4, 0.5) is 5.69 Å². The van der Waals surface area contributed by atoms with Gasteiger partial charge in [0.15, 0.2) is 0 Å². The first-order valence-electron chi connectivity index (χ1n) is 4.25. The molecule has 68 valence electrons. The van der Waals surface area contributed by atoms with Crippen molar-refractivity contribution in [3.05, 3.63) is 23.8 Å². The Morgan fingerprint density at radius 2 is 2.23 bits per heavy atom. The maximum Gasteiger partial charge on any atom is 0.237 e. The van der Waals surface area contributed by atoms with E-state index in [0.29, 0.717) is 0 Å². The number of hydrogen-bond acceptors (Lipinski definition) is 2. The van der Waals surface area contributed by atoms with Crippen molar-refractivity contribution < 1.29 is 4.79 Å². The molecule has 0 saturated heterocycles. The summed E-state index contributed by atoms with van der Waals surface area (Å²) in [6.45, 7) is 3.93. The van der Waals surface area contributed by atoms with Gasteiger partial charge in [0.1, 0.15) is 0 Å². The number of aryl methyl sites for hydroxylation is 1. The van der Waals surface area contributed by atoms with E-state index in [1.165, 1.54) is 4.90 Å². The van der Waals surface area contributed by atoms with Crippen LogP contribution in [0.15, 0.2) is 23.1 Å². The minimum Gasteiger partial charge on any atom is -0.324 e. The number of carbonyl (C=O) groups excluding carboxylic acids is 1. The van der Waals surface area contributed by atoms with Crippen LogP contribution in [0.25, 0.3) is 0 Å². The lowest BCUT2D eigenvalue weighted by atomic mass is 10.2. The van der Waals surface area contributed by atoms with Crippen molar-refractivity contribution in [2.45, 2.75) is 24.0 Å². The second kappa shape index (κ2) is 3.07. The van der Waals surface area contributed by atoms with Crippen LogP contribution in [0.3, 0.4) is 0 Å². The monoisotopic (exact) mass is 193 g/mol. The van der Waals surface area contributed by atoms with Gasteiger partial charge in [0, 0.05) is 4.90 Å². The first-order chi connectivity index (χ1) is 6.18. The van der Waals surface area contributed by atoms with E-state index in [-0.39, 0.29) is 11.2 Å². The molecule has 1 amide bonds. The zero-order valence-electron chi connectivity index (χ0n) is 7.63. The van der Waals surface area contributed by atoms with Crippen molar-refractivity contribution in [1.29, 1.82) is 0 Å². The number of thioether (sulfide) groups is 1. The molecule has 0 aromatic heterocycles. The molecule has 2 nitrogen and oxygen atoms in total. The van der Waals surface area contributed by atoms with Crippen molar-refractivity contribution in [2.24, 2.45) is 0 Å². The Morgan fingerprint density at radius 3 is 3.00 bits per heavy atom. The lowest BCUT2D eigenvalue weighted by Crippen LogP contribution is -2.26. The maximum absolute atomic E-state index is 11.4. The van der Waals surface area contributed by atoms with E-state index in [0.717, 1.165) is 11.3 Å². The highest BCUT2D eigenvalue weighted by molar-refractivity contribution is 8.00. The Bertz CT molecular complexity index is 362. The predicted octanol–water partition coefficient (Wildman–Crippen LogP) is 2.43. The molecule has 13 heavy (non-hydrogen) atoms. The normalized spacial score (nSPS) is 20.8. The molecule has 1 aromatic rings. The molecule has 1 heterocycles. The fourth-order valence-electron chi connectivity index (χ4n) is 1.37. The van der Waals surface area contributed by atoms with E-state index < -0.39 is 0 Å². The molecule has 1 atom stereocenters. The van der Waals surface area contributed by atoms with E-state index in [2.05, 4.69) is 5.32 Å². The molecular formula is C10H11NOS. The van der Waals surface area contributed by atoms with Gasteiger partial charge in [-0.15, -0.1) is 11.8 Å². The minimum absolute atomic E-state index is 0.0225. The molecule has 3 heteroatoms. The van der Waals surface area contributed by atoms with Crippen LogP contribution in [-0.4, -0.2) is 11.2 Å². The number of anilines is 1. The summed E-state index contributed by atoms with van der Waals surface area (Å²) in [6, 6.07) is 6.07.